The van der Waals surface area contributed by atoms with Crippen molar-refractivity contribution in [3.63, 3.8) is 0 Å². The zero-order valence-electron chi connectivity index (χ0n) is 11.3. The first-order valence-electron chi connectivity index (χ1n) is 6.76. The van der Waals surface area contributed by atoms with Gasteiger partial charge in [-0.3, -0.25) is 4.90 Å². The summed E-state index contributed by atoms with van der Waals surface area (Å²) in [5.74, 6) is -0.847. The second-order valence-corrected chi connectivity index (χ2v) is 6.21. The number of thioether (sulfide) groups is 1. The highest BCUT2D eigenvalue weighted by molar-refractivity contribution is 7.99. The first-order valence-corrected chi connectivity index (χ1v) is 8.05. The Kier molecular flexibility index (Phi) is 5.28. The van der Waals surface area contributed by atoms with Crippen LogP contribution in [0.5, 0.6) is 0 Å². The minimum atomic E-state index is -0.847. The molecule has 1 N–H and O–H groups in total. The SMILES string of the molecule is CSC1CCCN(Cc2cccc(C(=O)O)c2)CC1. The van der Waals surface area contributed by atoms with E-state index in [4.69, 9.17) is 5.11 Å². The van der Waals surface area contributed by atoms with Crippen molar-refractivity contribution >= 4 is 17.7 Å². The fourth-order valence-electron chi connectivity index (χ4n) is 2.58. The minimum absolute atomic E-state index is 0.384. The highest BCUT2D eigenvalue weighted by Gasteiger charge is 2.16. The van der Waals surface area contributed by atoms with E-state index in [1.807, 2.05) is 23.9 Å². The number of hydrogen-bond acceptors (Lipinski definition) is 3. The van der Waals surface area contributed by atoms with Crippen molar-refractivity contribution in [1.29, 1.82) is 0 Å². The summed E-state index contributed by atoms with van der Waals surface area (Å²) >= 11 is 1.97. The predicted octanol–water partition coefficient (Wildman–Crippen LogP) is 3.10. The van der Waals surface area contributed by atoms with Gasteiger partial charge in [-0.05, 0) is 56.3 Å². The number of rotatable bonds is 4. The fourth-order valence-corrected chi connectivity index (χ4v) is 3.32. The summed E-state index contributed by atoms with van der Waals surface area (Å²) in [6.07, 6.45) is 5.97. The topological polar surface area (TPSA) is 40.5 Å². The van der Waals surface area contributed by atoms with Crippen molar-refractivity contribution in [2.75, 3.05) is 19.3 Å². The van der Waals surface area contributed by atoms with Crippen LogP contribution in [0.15, 0.2) is 24.3 Å². The lowest BCUT2D eigenvalue weighted by Crippen LogP contribution is -2.24. The lowest BCUT2D eigenvalue weighted by molar-refractivity contribution is 0.0696. The second kappa shape index (κ2) is 6.96. The Balaban J connectivity index is 1.97. The number of aromatic carboxylic acids is 1. The average Bonchev–Trinajstić information content (AvgIpc) is 2.64. The van der Waals surface area contributed by atoms with Crippen molar-refractivity contribution in [2.24, 2.45) is 0 Å². The van der Waals surface area contributed by atoms with Crippen LogP contribution in [-0.4, -0.2) is 40.6 Å². The predicted molar refractivity (Wildman–Crippen MR) is 79.8 cm³/mol. The van der Waals surface area contributed by atoms with Gasteiger partial charge in [-0.2, -0.15) is 11.8 Å². The molecule has 0 aromatic heterocycles. The maximum absolute atomic E-state index is 11.0. The molecule has 1 aromatic carbocycles. The summed E-state index contributed by atoms with van der Waals surface area (Å²) in [7, 11) is 0. The van der Waals surface area contributed by atoms with Crippen molar-refractivity contribution < 1.29 is 9.90 Å². The Morgan fingerprint density at radius 2 is 2.26 bits per heavy atom. The summed E-state index contributed by atoms with van der Waals surface area (Å²) in [5.41, 5.74) is 1.48. The normalized spacial score (nSPS) is 21.0. The molecule has 0 bridgehead atoms. The Bertz CT molecular complexity index is 436. The van der Waals surface area contributed by atoms with Gasteiger partial charge in [0.25, 0.3) is 0 Å². The molecule has 104 valence electrons. The molecule has 0 spiro atoms. The van der Waals surface area contributed by atoms with Gasteiger partial charge in [0.05, 0.1) is 5.56 Å². The molecule has 1 aromatic rings. The molecule has 2 rings (SSSR count). The summed E-state index contributed by atoms with van der Waals surface area (Å²) in [6.45, 7) is 3.10. The number of carbonyl (C=O) groups is 1. The van der Waals surface area contributed by atoms with Gasteiger partial charge in [0.2, 0.25) is 0 Å². The van der Waals surface area contributed by atoms with Gasteiger partial charge in [0.1, 0.15) is 0 Å². The van der Waals surface area contributed by atoms with Crippen molar-refractivity contribution in [3.05, 3.63) is 35.4 Å². The van der Waals surface area contributed by atoms with Crippen molar-refractivity contribution in [1.82, 2.24) is 4.90 Å². The van der Waals surface area contributed by atoms with Crippen LogP contribution in [-0.2, 0) is 6.54 Å². The third-order valence-corrected chi connectivity index (χ3v) is 4.82. The highest BCUT2D eigenvalue weighted by atomic mass is 32.2. The number of nitrogens with zero attached hydrogens (tertiary/aromatic N) is 1. The number of carboxylic acid groups (broad SMARTS) is 1. The van der Waals surface area contributed by atoms with E-state index < -0.39 is 5.97 Å². The van der Waals surface area contributed by atoms with Crippen LogP contribution in [0.3, 0.4) is 0 Å². The molecule has 4 heteroatoms. The standard InChI is InChI=1S/C15H21NO2S/c1-19-14-6-3-8-16(9-7-14)11-12-4-2-5-13(10-12)15(17)18/h2,4-5,10,14H,3,6-9,11H2,1H3,(H,17,18). The molecule has 1 aliphatic rings. The van der Waals surface area contributed by atoms with Gasteiger partial charge in [-0.1, -0.05) is 12.1 Å². The Morgan fingerprint density at radius 1 is 1.42 bits per heavy atom. The first-order chi connectivity index (χ1) is 9.19. The van der Waals surface area contributed by atoms with E-state index in [9.17, 15) is 4.79 Å². The molecule has 1 saturated heterocycles. The molecule has 0 radical (unpaired) electrons. The van der Waals surface area contributed by atoms with Crippen LogP contribution in [0.25, 0.3) is 0 Å². The molecule has 1 unspecified atom stereocenters. The van der Waals surface area contributed by atoms with E-state index in [2.05, 4.69) is 11.2 Å². The van der Waals surface area contributed by atoms with Crippen LogP contribution in [0.2, 0.25) is 0 Å². The van der Waals surface area contributed by atoms with E-state index in [1.54, 1.807) is 12.1 Å². The van der Waals surface area contributed by atoms with E-state index in [1.165, 1.54) is 19.3 Å². The van der Waals surface area contributed by atoms with Gasteiger partial charge >= 0.3 is 5.97 Å². The minimum Gasteiger partial charge on any atom is -0.478 e. The molecule has 3 nitrogen and oxygen atoms in total. The Hall–Kier alpha value is -1.00. The van der Waals surface area contributed by atoms with E-state index in [0.717, 1.165) is 30.4 Å². The van der Waals surface area contributed by atoms with Crippen LogP contribution in [0.4, 0.5) is 0 Å². The summed E-state index contributed by atoms with van der Waals surface area (Å²) in [5, 5.41) is 9.80. The lowest BCUT2D eigenvalue weighted by Gasteiger charge is -2.20. The molecule has 0 aliphatic carbocycles. The summed E-state index contributed by atoms with van der Waals surface area (Å²) in [4.78, 5) is 13.4. The van der Waals surface area contributed by atoms with E-state index in [0.29, 0.717) is 5.56 Å². The highest BCUT2D eigenvalue weighted by Crippen LogP contribution is 2.22. The van der Waals surface area contributed by atoms with Gasteiger partial charge in [-0.15, -0.1) is 0 Å². The molecular formula is C15H21NO2S. The average molecular weight is 279 g/mol. The number of likely N-dealkylation sites (tertiary alicyclic amines) is 1. The molecular weight excluding hydrogens is 258 g/mol. The Labute approximate surface area is 119 Å². The van der Waals surface area contributed by atoms with Gasteiger partial charge in [0.15, 0.2) is 0 Å². The third-order valence-electron chi connectivity index (χ3n) is 3.68. The maximum atomic E-state index is 11.0. The number of carboxylic acids is 1. The van der Waals surface area contributed by atoms with Crippen LogP contribution < -0.4 is 0 Å². The maximum Gasteiger partial charge on any atom is 0.335 e. The van der Waals surface area contributed by atoms with E-state index in [-0.39, 0.29) is 0 Å². The lowest BCUT2D eigenvalue weighted by atomic mass is 10.1. The summed E-state index contributed by atoms with van der Waals surface area (Å²) < 4.78 is 0. The van der Waals surface area contributed by atoms with Gasteiger partial charge in [0, 0.05) is 11.8 Å². The van der Waals surface area contributed by atoms with Crippen molar-refractivity contribution in [3.8, 4) is 0 Å². The zero-order valence-corrected chi connectivity index (χ0v) is 12.2. The molecule has 19 heavy (non-hydrogen) atoms. The first kappa shape index (κ1) is 14.4. The summed E-state index contributed by atoms with van der Waals surface area (Å²) in [6, 6.07) is 7.29. The molecule has 1 heterocycles. The largest absolute Gasteiger partial charge is 0.478 e. The van der Waals surface area contributed by atoms with Gasteiger partial charge < -0.3 is 5.11 Å². The quantitative estimate of drug-likeness (QED) is 0.919. The number of hydrogen-bond donors (Lipinski definition) is 1. The van der Waals surface area contributed by atoms with Crippen LogP contribution in [0, 0.1) is 0 Å². The van der Waals surface area contributed by atoms with Crippen LogP contribution in [0.1, 0.15) is 35.2 Å². The van der Waals surface area contributed by atoms with Crippen LogP contribution >= 0.6 is 11.8 Å². The van der Waals surface area contributed by atoms with Crippen molar-refractivity contribution in [2.45, 2.75) is 31.1 Å². The smallest absolute Gasteiger partial charge is 0.335 e. The molecule has 0 amide bonds. The monoisotopic (exact) mass is 279 g/mol. The second-order valence-electron chi connectivity index (χ2n) is 5.07. The third kappa shape index (κ3) is 4.25. The van der Waals surface area contributed by atoms with E-state index >= 15 is 0 Å². The molecule has 1 aliphatic heterocycles. The molecule has 1 fully saturated rings. The fraction of sp³-hybridized carbons (Fsp3) is 0.533. The van der Waals surface area contributed by atoms with Gasteiger partial charge in [-0.25, -0.2) is 4.79 Å². The zero-order chi connectivity index (χ0) is 13.7. The number of benzene rings is 1. The molecule has 0 saturated carbocycles. The molecule has 1 atom stereocenters. The Morgan fingerprint density at radius 3 is 3.00 bits per heavy atom.